The van der Waals surface area contributed by atoms with Crippen molar-refractivity contribution in [2.45, 2.75) is 6.92 Å². The summed E-state index contributed by atoms with van der Waals surface area (Å²) in [5.41, 5.74) is 1.88. The molecule has 144 valence electrons. The van der Waals surface area contributed by atoms with Gasteiger partial charge in [-0.05, 0) is 60.5 Å². The first-order valence-corrected chi connectivity index (χ1v) is 9.11. The molecule has 0 N–H and O–H groups in total. The highest BCUT2D eigenvalue weighted by molar-refractivity contribution is 6.32. The van der Waals surface area contributed by atoms with Crippen molar-refractivity contribution in [1.29, 1.82) is 0 Å². The summed E-state index contributed by atoms with van der Waals surface area (Å²) in [6.45, 7) is 1.73. The van der Waals surface area contributed by atoms with Crippen molar-refractivity contribution < 1.29 is 23.5 Å². The minimum absolute atomic E-state index is 0.137. The topological polar surface area (TPSA) is 52.6 Å². The fraction of sp³-hybridized carbons (Fsp3) is 0.0435. The first kappa shape index (κ1) is 18.9. The molecule has 0 radical (unpaired) electrons. The van der Waals surface area contributed by atoms with E-state index in [0.717, 1.165) is 0 Å². The molecule has 4 rings (SSSR count). The Kier molecular flexibility index (Phi) is 4.91. The molecule has 0 atom stereocenters. The minimum atomic E-state index is -0.638. The molecule has 1 aliphatic rings. The molecule has 0 amide bonds. The second-order valence-electron chi connectivity index (χ2n) is 6.47. The molecule has 0 aliphatic carbocycles. The predicted octanol–water partition coefficient (Wildman–Crippen LogP) is 5.62. The lowest BCUT2D eigenvalue weighted by Gasteiger charge is -2.08. The van der Waals surface area contributed by atoms with Crippen molar-refractivity contribution in [3.05, 3.63) is 99.5 Å². The van der Waals surface area contributed by atoms with Crippen LogP contribution in [0, 0.1) is 12.7 Å². The summed E-state index contributed by atoms with van der Waals surface area (Å²) in [7, 11) is 0. The molecule has 0 fully saturated rings. The fourth-order valence-electron chi connectivity index (χ4n) is 3.02. The number of esters is 1. The van der Waals surface area contributed by atoms with Gasteiger partial charge in [0.25, 0.3) is 0 Å². The lowest BCUT2D eigenvalue weighted by molar-refractivity contribution is 0.0734. The average Bonchev–Trinajstić information content (AvgIpc) is 3.00. The van der Waals surface area contributed by atoms with E-state index in [-0.39, 0.29) is 22.9 Å². The molecule has 1 heterocycles. The molecule has 0 bridgehead atoms. The largest absolute Gasteiger partial charge is 0.452 e. The second kappa shape index (κ2) is 7.53. The van der Waals surface area contributed by atoms with Gasteiger partial charge < -0.3 is 9.47 Å². The van der Waals surface area contributed by atoms with Gasteiger partial charge in [0, 0.05) is 11.1 Å². The van der Waals surface area contributed by atoms with Crippen molar-refractivity contribution in [1.82, 2.24) is 0 Å². The number of halogens is 2. The Labute approximate surface area is 171 Å². The maximum atomic E-state index is 13.0. The van der Waals surface area contributed by atoms with Crippen LogP contribution in [-0.4, -0.2) is 11.8 Å². The molecule has 4 nitrogen and oxygen atoms in total. The van der Waals surface area contributed by atoms with E-state index >= 15 is 0 Å². The summed E-state index contributed by atoms with van der Waals surface area (Å²) in [6.07, 6.45) is 1.58. The van der Waals surface area contributed by atoms with E-state index in [9.17, 15) is 14.0 Å². The van der Waals surface area contributed by atoms with Crippen LogP contribution < -0.4 is 9.47 Å². The number of Topliss-reactive ketones (excluding diaryl/α,β-unsaturated/α-hetero) is 1. The highest BCUT2D eigenvalue weighted by Crippen LogP contribution is 2.38. The van der Waals surface area contributed by atoms with E-state index in [2.05, 4.69) is 0 Å². The zero-order valence-electron chi connectivity index (χ0n) is 15.2. The molecule has 0 aromatic heterocycles. The number of carbonyl (C=O) groups is 2. The molecular weight excluding hydrogens is 395 g/mol. The van der Waals surface area contributed by atoms with E-state index in [4.69, 9.17) is 21.1 Å². The van der Waals surface area contributed by atoms with E-state index in [1.165, 1.54) is 30.3 Å². The molecule has 0 spiro atoms. The van der Waals surface area contributed by atoms with E-state index in [0.29, 0.717) is 27.5 Å². The molecule has 0 unspecified atom stereocenters. The van der Waals surface area contributed by atoms with Gasteiger partial charge >= 0.3 is 5.97 Å². The minimum Gasteiger partial charge on any atom is -0.452 e. The molecular formula is C23H14ClFO4. The number of benzene rings is 3. The molecule has 6 heteroatoms. The van der Waals surface area contributed by atoms with Gasteiger partial charge in [-0.3, -0.25) is 4.79 Å². The van der Waals surface area contributed by atoms with Crippen LogP contribution in [0.25, 0.3) is 6.08 Å². The quantitative estimate of drug-likeness (QED) is 0.320. The number of allylic oxidation sites excluding steroid dienone is 1. The monoisotopic (exact) mass is 408 g/mol. The summed E-state index contributed by atoms with van der Waals surface area (Å²) in [4.78, 5) is 25.0. The predicted molar refractivity (Wildman–Crippen MR) is 107 cm³/mol. The number of hydrogen-bond donors (Lipinski definition) is 0. The van der Waals surface area contributed by atoms with Gasteiger partial charge in [0.2, 0.25) is 5.78 Å². The van der Waals surface area contributed by atoms with Crippen LogP contribution in [0.4, 0.5) is 4.39 Å². The summed E-state index contributed by atoms with van der Waals surface area (Å²) in [5, 5.41) is 0.498. The van der Waals surface area contributed by atoms with E-state index in [1.807, 2.05) is 6.07 Å². The normalized spacial score (nSPS) is 13.9. The van der Waals surface area contributed by atoms with Crippen molar-refractivity contribution in [3.63, 3.8) is 0 Å². The van der Waals surface area contributed by atoms with Gasteiger partial charge in [-0.2, -0.15) is 0 Å². The van der Waals surface area contributed by atoms with Gasteiger partial charge in [0.05, 0.1) is 11.1 Å². The van der Waals surface area contributed by atoms with Gasteiger partial charge in [0.1, 0.15) is 17.3 Å². The van der Waals surface area contributed by atoms with E-state index < -0.39 is 11.8 Å². The Hall–Kier alpha value is -3.44. The first-order chi connectivity index (χ1) is 13.9. The van der Waals surface area contributed by atoms with Crippen LogP contribution in [-0.2, 0) is 0 Å². The molecule has 3 aromatic rings. The Balaban J connectivity index is 1.62. The third kappa shape index (κ3) is 3.77. The summed E-state index contributed by atoms with van der Waals surface area (Å²) >= 11 is 6.15. The molecule has 0 saturated carbocycles. The molecule has 0 saturated heterocycles. The van der Waals surface area contributed by atoms with Crippen molar-refractivity contribution in [2.24, 2.45) is 0 Å². The average molecular weight is 409 g/mol. The van der Waals surface area contributed by atoms with Crippen LogP contribution in [0.5, 0.6) is 11.5 Å². The number of fused-ring (bicyclic) bond motifs is 1. The summed E-state index contributed by atoms with van der Waals surface area (Å²) in [5.74, 6) is -0.690. The number of aryl methyl sites for hydroxylation is 1. The highest BCUT2D eigenvalue weighted by atomic mass is 35.5. The third-order valence-corrected chi connectivity index (χ3v) is 4.77. The molecule has 3 aromatic carbocycles. The van der Waals surface area contributed by atoms with Crippen molar-refractivity contribution >= 4 is 29.4 Å². The van der Waals surface area contributed by atoms with E-state index in [1.54, 1.807) is 37.3 Å². The lowest BCUT2D eigenvalue weighted by Crippen LogP contribution is -2.08. The summed E-state index contributed by atoms with van der Waals surface area (Å²) in [6, 6.07) is 15.2. The Morgan fingerprint density at radius 3 is 2.55 bits per heavy atom. The fourth-order valence-corrected chi connectivity index (χ4v) is 3.21. The van der Waals surface area contributed by atoms with Crippen LogP contribution in [0.2, 0.25) is 5.02 Å². The van der Waals surface area contributed by atoms with Crippen LogP contribution in [0.15, 0.2) is 66.4 Å². The Bertz CT molecular complexity index is 1170. The maximum Gasteiger partial charge on any atom is 0.343 e. The molecule has 29 heavy (non-hydrogen) atoms. The number of ether oxygens (including phenoxy) is 2. The van der Waals surface area contributed by atoms with Crippen molar-refractivity contribution in [2.75, 3.05) is 0 Å². The summed E-state index contributed by atoms with van der Waals surface area (Å²) < 4.78 is 24.1. The smallest absolute Gasteiger partial charge is 0.343 e. The van der Waals surface area contributed by atoms with Crippen LogP contribution in [0.3, 0.4) is 0 Å². The van der Waals surface area contributed by atoms with Gasteiger partial charge in [0.15, 0.2) is 5.76 Å². The Morgan fingerprint density at radius 1 is 1.10 bits per heavy atom. The Morgan fingerprint density at radius 2 is 1.83 bits per heavy atom. The lowest BCUT2D eigenvalue weighted by atomic mass is 10.0. The van der Waals surface area contributed by atoms with Crippen LogP contribution >= 0.6 is 11.6 Å². The number of ketones is 1. The standard InChI is InChI=1S/C23H14ClFO4/c1-13-10-17(28-23(27)14-6-8-16(25)9-7-14)12-19-21(13)22(26)20(29-19)11-15-4-2-3-5-18(15)24/h2-12H,1H3/b20-11-. The highest BCUT2D eigenvalue weighted by Gasteiger charge is 2.30. The van der Waals surface area contributed by atoms with Gasteiger partial charge in [-0.15, -0.1) is 0 Å². The number of carbonyl (C=O) groups excluding carboxylic acids is 2. The first-order valence-electron chi connectivity index (χ1n) is 8.73. The van der Waals surface area contributed by atoms with Gasteiger partial charge in [-0.25, -0.2) is 9.18 Å². The van der Waals surface area contributed by atoms with Crippen LogP contribution in [0.1, 0.15) is 31.8 Å². The molecule has 1 aliphatic heterocycles. The maximum absolute atomic E-state index is 13.0. The number of hydrogen-bond acceptors (Lipinski definition) is 4. The van der Waals surface area contributed by atoms with Crippen molar-refractivity contribution in [3.8, 4) is 11.5 Å². The zero-order valence-corrected chi connectivity index (χ0v) is 16.0. The van der Waals surface area contributed by atoms with Gasteiger partial charge in [-0.1, -0.05) is 29.8 Å². The zero-order chi connectivity index (χ0) is 20.5. The SMILES string of the molecule is Cc1cc(OC(=O)c2ccc(F)cc2)cc2c1C(=O)/C(=C/c1ccccc1Cl)O2. The second-order valence-corrected chi connectivity index (χ2v) is 6.88. The number of rotatable bonds is 3. The third-order valence-electron chi connectivity index (χ3n) is 4.43.